The number of rotatable bonds is 4. The van der Waals surface area contributed by atoms with Crippen LogP contribution in [0, 0.1) is 5.82 Å². The van der Waals surface area contributed by atoms with Gasteiger partial charge in [0.1, 0.15) is 11.2 Å². The quantitative estimate of drug-likeness (QED) is 0.544. The second-order valence-corrected chi connectivity index (χ2v) is 9.12. The van der Waals surface area contributed by atoms with Gasteiger partial charge in [0.15, 0.2) is 0 Å². The first-order valence-electron chi connectivity index (χ1n) is 8.54. The number of benzene rings is 2. The average molecular weight is 406 g/mol. The fraction of sp³-hybridized carbons (Fsp3) is 0.250. The van der Waals surface area contributed by atoms with Crippen molar-refractivity contribution < 1.29 is 9.18 Å². The van der Waals surface area contributed by atoms with E-state index in [-0.39, 0.29) is 11.3 Å². The SMILES string of the molecule is O=C1C2=C(CCCC2)C(SSc2ccccc2)N1c1ccc(Cl)cc1F. The second-order valence-electron chi connectivity index (χ2n) is 6.33. The fourth-order valence-electron chi connectivity index (χ4n) is 3.44. The maximum Gasteiger partial charge on any atom is 0.255 e. The van der Waals surface area contributed by atoms with Gasteiger partial charge in [-0.3, -0.25) is 9.69 Å². The summed E-state index contributed by atoms with van der Waals surface area (Å²) in [5.41, 5.74) is 2.33. The highest BCUT2D eigenvalue weighted by Gasteiger charge is 2.42. The Morgan fingerprint density at radius 1 is 1.08 bits per heavy atom. The molecule has 4 rings (SSSR count). The van der Waals surface area contributed by atoms with Crippen molar-refractivity contribution in [3.63, 3.8) is 0 Å². The van der Waals surface area contributed by atoms with E-state index in [0.29, 0.717) is 10.7 Å². The molecule has 0 bridgehead atoms. The lowest BCUT2D eigenvalue weighted by Crippen LogP contribution is -2.33. The summed E-state index contributed by atoms with van der Waals surface area (Å²) in [4.78, 5) is 15.8. The van der Waals surface area contributed by atoms with Crippen LogP contribution in [-0.2, 0) is 4.79 Å². The van der Waals surface area contributed by atoms with Gasteiger partial charge in [0, 0.05) is 15.5 Å². The van der Waals surface area contributed by atoms with E-state index in [4.69, 9.17) is 11.6 Å². The molecule has 0 radical (unpaired) electrons. The van der Waals surface area contributed by atoms with E-state index < -0.39 is 5.82 Å². The van der Waals surface area contributed by atoms with Crippen LogP contribution in [0.25, 0.3) is 0 Å². The van der Waals surface area contributed by atoms with Gasteiger partial charge in [0.05, 0.1) is 5.69 Å². The van der Waals surface area contributed by atoms with Crippen molar-refractivity contribution in [1.29, 1.82) is 0 Å². The lowest BCUT2D eigenvalue weighted by Gasteiger charge is -2.27. The van der Waals surface area contributed by atoms with Crippen LogP contribution < -0.4 is 4.90 Å². The van der Waals surface area contributed by atoms with Crippen LogP contribution in [0.4, 0.5) is 10.1 Å². The molecule has 1 amide bonds. The molecule has 0 aromatic heterocycles. The molecule has 0 saturated heterocycles. The molecule has 1 heterocycles. The summed E-state index contributed by atoms with van der Waals surface area (Å²) in [6, 6.07) is 14.6. The second kappa shape index (κ2) is 7.67. The fourth-order valence-corrected chi connectivity index (χ4v) is 6.29. The predicted molar refractivity (Wildman–Crippen MR) is 108 cm³/mol. The Bertz CT molecular complexity index is 871. The Morgan fingerprint density at radius 3 is 2.62 bits per heavy atom. The average Bonchev–Trinajstić information content (AvgIpc) is 2.93. The Morgan fingerprint density at radius 2 is 1.85 bits per heavy atom. The van der Waals surface area contributed by atoms with E-state index in [1.807, 2.05) is 30.3 Å². The van der Waals surface area contributed by atoms with Gasteiger partial charge in [0.25, 0.3) is 5.91 Å². The predicted octanol–water partition coefficient (Wildman–Crippen LogP) is 6.46. The van der Waals surface area contributed by atoms with Crippen LogP contribution in [0.3, 0.4) is 0 Å². The lowest BCUT2D eigenvalue weighted by atomic mass is 9.94. The molecule has 2 aromatic rings. The van der Waals surface area contributed by atoms with Crippen molar-refractivity contribution in [1.82, 2.24) is 0 Å². The van der Waals surface area contributed by atoms with Crippen LogP contribution in [0.2, 0.25) is 5.02 Å². The van der Waals surface area contributed by atoms with Crippen LogP contribution in [0.15, 0.2) is 64.6 Å². The van der Waals surface area contributed by atoms with Gasteiger partial charge in [-0.1, -0.05) is 51.4 Å². The number of hydrogen-bond donors (Lipinski definition) is 0. The van der Waals surface area contributed by atoms with Gasteiger partial charge >= 0.3 is 0 Å². The van der Waals surface area contributed by atoms with Crippen LogP contribution in [0.5, 0.6) is 0 Å². The minimum Gasteiger partial charge on any atom is -0.288 e. The third kappa shape index (κ3) is 3.40. The molecule has 2 aromatic carbocycles. The number of carbonyl (C=O) groups is 1. The topological polar surface area (TPSA) is 20.3 Å². The molecule has 0 N–H and O–H groups in total. The largest absolute Gasteiger partial charge is 0.288 e. The van der Waals surface area contributed by atoms with Gasteiger partial charge in [-0.2, -0.15) is 0 Å². The molecule has 1 atom stereocenters. The Hall–Kier alpha value is -1.43. The molecule has 0 spiro atoms. The number of carbonyl (C=O) groups excluding carboxylic acids is 1. The van der Waals surface area contributed by atoms with Crippen molar-refractivity contribution in [3.8, 4) is 0 Å². The maximum absolute atomic E-state index is 14.6. The summed E-state index contributed by atoms with van der Waals surface area (Å²) in [6.07, 6.45) is 3.79. The summed E-state index contributed by atoms with van der Waals surface area (Å²) < 4.78 is 14.6. The van der Waals surface area contributed by atoms with E-state index in [0.717, 1.165) is 41.7 Å². The zero-order valence-electron chi connectivity index (χ0n) is 14.0. The highest BCUT2D eigenvalue weighted by Crippen LogP contribution is 2.48. The number of anilines is 1. The minimum absolute atomic E-state index is 0.0629. The van der Waals surface area contributed by atoms with E-state index in [2.05, 4.69) is 0 Å². The van der Waals surface area contributed by atoms with Crippen molar-refractivity contribution in [2.45, 2.75) is 36.0 Å². The van der Waals surface area contributed by atoms with Crippen LogP contribution >= 0.6 is 33.2 Å². The highest BCUT2D eigenvalue weighted by atomic mass is 35.5. The normalized spacial score (nSPS) is 19.8. The lowest BCUT2D eigenvalue weighted by molar-refractivity contribution is -0.114. The number of nitrogens with zero attached hydrogens (tertiary/aromatic N) is 1. The van der Waals surface area contributed by atoms with Gasteiger partial charge in [0.2, 0.25) is 0 Å². The van der Waals surface area contributed by atoms with Gasteiger partial charge in [-0.25, -0.2) is 4.39 Å². The van der Waals surface area contributed by atoms with Crippen molar-refractivity contribution in [3.05, 3.63) is 70.5 Å². The van der Waals surface area contributed by atoms with Crippen LogP contribution in [-0.4, -0.2) is 11.3 Å². The Kier molecular flexibility index (Phi) is 5.30. The van der Waals surface area contributed by atoms with Crippen molar-refractivity contribution in [2.24, 2.45) is 0 Å². The van der Waals surface area contributed by atoms with Crippen LogP contribution in [0.1, 0.15) is 25.7 Å². The molecule has 1 aliphatic heterocycles. The summed E-state index contributed by atoms with van der Waals surface area (Å²) in [7, 11) is 3.23. The molecular weight excluding hydrogens is 389 g/mol. The van der Waals surface area contributed by atoms with E-state index >= 15 is 0 Å². The summed E-state index contributed by atoms with van der Waals surface area (Å²) in [6.45, 7) is 0. The first kappa shape index (κ1) is 18.0. The van der Waals surface area contributed by atoms with E-state index in [9.17, 15) is 9.18 Å². The zero-order valence-corrected chi connectivity index (χ0v) is 16.3. The maximum atomic E-state index is 14.6. The third-order valence-corrected chi connectivity index (χ3v) is 7.55. The summed E-state index contributed by atoms with van der Waals surface area (Å²) >= 11 is 5.90. The number of hydrogen-bond acceptors (Lipinski definition) is 3. The third-order valence-electron chi connectivity index (χ3n) is 4.67. The molecule has 0 saturated carbocycles. The minimum atomic E-state index is -0.457. The zero-order chi connectivity index (χ0) is 18.1. The molecule has 1 unspecified atom stereocenters. The van der Waals surface area contributed by atoms with Gasteiger partial charge in [-0.15, -0.1) is 0 Å². The summed E-state index contributed by atoms with van der Waals surface area (Å²) in [5.74, 6) is -0.520. The van der Waals surface area contributed by atoms with Gasteiger partial charge < -0.3 is 0 Å². The molecular formula is C20H17ClFNOS2. The van der Waals surface area contributed by atoms with Crippen molar-refractivity contribution in [2.75, 3.05) is 4.90 Å². The molecule has 6 heteroatoms. The monoisotopic (exact) mass is 405 g/mol. The molecule has 1 aliphatic carbocycles. The molecule has 0 fully saturated rings. The van der Waals surface area contributed by atoms with Gasteiger partial charge in [-0.05, 0) is 61.6 Å². The molecule has 2 aliphatic rings. The highest BCUT2D eigenvalue weighted by molar-refractivity contribution is 8.77. The Balaban J connectivity index is 1.67. The van der Waals surface area contributed by atoms with Crippen molar-refractivity contribution >= 4 is 44.8 Å². The Labute approximate surface area is 165 Å². The number of amides is 1. The first-order chi connectivity index (χ1) is 12.6. The summed E-state index contributed by atoms with van der Waals surface area (Å²) in [5, 5.41) is 0.150. The number of halogens is 2. The van der Waals surface area contributed by atoms with E-state index in [1.165, 1.54) is 6.07 Å². The standard InChI is InChI=1S/C20H17ClFNOS2/c21-13-10-11-18(17(22)12-13)23-19(24)15-8-4-5-9-16(15)20(23)26-25-14-6-2-1-3-7-14/h1-3,6-7,10-12,20H,4-5,8-9H2. The smallest absolute Gasteiger partial charge is 0.255 e. The first-order valence-corrected chi connectivity index (χ1v) is 11.1. The molecule has 134 valence electrons. The molecule has 2 nitrogen and oxygen atoms in total. The molecule has 26 heavy (non-hydrogen) atoms. The van der Waals surface area contributed by atoms with E-state index in [1.54, 1.807) is 38.6 Å².